The topological polar surface area (TPSA) is 76.6 Å². The molecule has 2 heterocycles. The second-order valence-electron chi connectivity index (χ2n) is 7.69. The van der Waals surface area contributed by atoms with Crippen molar-refractivity contribution in [3.63, 3.8) is 0 Å². The SMILES string of the molecule is C=CC=O.COc1cc2ncnc(Nc3ccc(F)c(Cl)c3F)c2cc1OC1CCN(C)CC1F. The van der Waals surface area contributed by atoms with Gasteiger partial charge in [0.25, 0.3) is 0 Å². The Kier molecular flexibility index (Phi) is 8.89. The highest BCUT2D eigenvalue weighted by molar-refractivity contribution is 6.31. The minimum absolute atomic E-state index is 0.0520. The van der Waals surface area contributed by atoms with E-state index in [1.165, 1.54) is 25.6 Å². The van der Waals surface area contributed by atoms with Crippen LogP contribution >= 0.6 is 11.6 Å². The lowest BCUT2D eigenvalue weighted by Crippen LogP contribution is -2.45. The van der Waals surface area contributed by atoms with E-state index in [1.807, 2.05) is 11.9 Å². The highest BCUT2D eigenvalue weighted by Crippen LogP contribution is 2.37. The van der Waals surface area contributed by atoms with Crippen molar-refractivity contribution in [2.75, 3.05) is 32.6 Å². The number of carbonyl (C=O) groups is 1. The first-order chi connectivity index (χ1) is 16.8. The first-order valence-electron chi connectivity index (χ1n) is 10.6. The Morgan fingerprint density at radius 3 is 2.66 bits per heavy atom. The third-order valence-corrected chi connectivity index (χ3v) is 5.61. The van der Waals surface area contributed by atoms with Crippen LogP contribution in [-0.2, 0) is 4.79 Å². The van der Waals surface area contributed by atoms with Crippen molar-refractivity contribution in [3.8, 4) is 11.5 Å². The standard InChI is InChI=1S/C21H20ClF3N4O2.C3H4O/c1-29-6-5-16(13(24)9-29)31-18-7-11-15(8-17(18)30-2)26-10-27-21(11)28-14-4-3-12(23)19(22)20(14)25;1-2-3-4/h3-4,7-8,10,13,16H,5-6,9H2,1-2H3,(H,26,27,28);2-3H,1H2. The Hall–Kier alpha value is -3.37. The third-order valence-electron chi connectivity index (χ3n) is 5.27. The van der Waals surface area contributed by atoms with Gasteiger partial charge in [0.2, 0.25) is 0 Å². The van der Waals surface area contributed by atoms with Crippen molar-refractivity contribution in [1.82, 2.24) is 14.9 Å². The number of halogens is 4. The molecule has 35 heavy (non-hydrogen) atoms. The van der Waals surface area contributed by atoms with Crippen molar-refractivity contribution in [3.05, 3.63) is 59.9 Å². The van der Waals surface area contributed by atoms with Crippen molar-refractivity contribution < 1.29 is 27.4 Å². The van der Waals surface area contributed by atoms with Crippen molar-refractivity contribution >= 4 is 40.3 Å². The highest BCUT2D eigenvalue weighted by Gasteiger charge is 2.30. The zero-order valence-electron chi connectivity index (χ0n) is 19.1. The Bertz CT molecular complexity index is 1210. The molecule has 2 unspecified atom stereocenters. The summed E-state index contributed by atoms with van der Waals surface area (Å²) in [4.78, 5) is 19.3. The summed E-state index contributed by atoms with van der Waals surface area (Å²) in [6.07, 6.45) is 1.87. The van der Waals surface area contributed by atoms with Crippen LogP contribution in [0.5, 0.6) is 11.5 Å². The van der Waals surface area contributed by atoms with Gasteiger partial charge in [0, 0.05) is 24.5 Å². The second kappa shape index (κ2) is 11.9. The van der Waals surface area contributed by atoms with Gasteiger partial charge in [0.15, 0.2) is 17.3 Å². The molecule has 2 atom stereocenters. The average Bonchev–Trinajstić information content (AvgIpc) is 2.86. The molecule has 0 aliphatic carbocycles. The van der Waals surface area contributed by atoms with E-state index >= 15 is 0 Å². The van der Waals surface area contributed by atoms with E-state index in [0.29, 0.717) is 41.7 Å². The molecule has 3 aromatic rings. The molecule has 7 nitrogen and oxygen atoms in total. The molecule has 4 rings (SSSR count). The maximum absolute atomic E-state index is 14.5. The van der Waals surface area contributed by atoms with Gasteiger partial charge >= 0.3 is 0 Å². The first kappa shape index (κ1) is 26.2. The Labute approximate surface area is 205 Å². The van der Waals surface area contributed by atoms with Gasteiger partial charge in [0.1, 0.15) is 41.5 Å². The van der Waals surface area contributed by atoms with Gasteiger partial charge in [-0.15, -0.1) is 0 Å². The summed E-state index contributed by atoms with van der Waals surface area (Å²) >= 11 is 5.67. The fourth-order valence-electron chi connectivity index (χ4n) is 3.50. The van der Waals surface area contributed by atoms with Crippen LogP contribution in [0, 0.1) is 11.6 Å². The van der Waals surface area contributed by atoms with Crippen LogP contribution in [0.4, 0.5) is 24.7 Å². The van der Waals surface area contributed by atoms with Gasteiger partial charge in [-0.25, -0.2) is 23.1 Å². The molecule has 1 aliphatic heterocycles. The largest absolute Gasteiger partial charge is 0.493 e. The number of aldehydes is 1. The lowest BCUT2D eigenvalue weighted by molar-refractivity contribution is -0.104. The van der Waals surface area contributed by atoms with Crippen molar-refractivity contribution in [2.24, 2.45) is 0 Å². The van der Waals surface area contributed by atoms with Crippen LogP contribution in [0.2, 0.25) is 5.02 Å². The summed E-state index contributed by atoms with van der Waals surface area (Å²) in [5, 5.41) is 2.68. The second-order valence-corrected chi connectivity index (χ2v) is 8.06. The summed E-state index contributed by atoms with van der Waals surface area (Å²) in [5.41, 5.74) is 0.444. The zero-order chi connectivity index (χ0) is 25.5. The first-order valence-corrected chi connectivity index (χ1v) is 11.0. The molecule has 0 bridgehead atoms. The number of alkyl halides is 1. The smallest absolute Gasteiger partial charge is 0.168 e. The van der Waals surface area contributed by atoms with Gasteiger partial charge in [-0.2, -0.15) is 0 Å². The lowest BCUT2D eigenvalue weighted by Gasteiger charge is -2.32. The molecule has 0 spiro atoms. The number of carbonyl (C=O) groups excluding carboxylic acids is 1. The number of hydrogen-bond donors (Lipinski definition) is 1. The van der Waals surface area contributed by atoms with E-state index in [9.17, 15) is 13.2 Å². The quantitative estimate of drug-likeness (QED) is 0.282. The maximum atomic E-state index is 14.5. The lowest BCUT2D eigenvalue weighted by atomic mass is 10.1. The summed E-state index contributed by atoms with van der Waals surface area (Å²) in [5.74, 6) is -0.845. The number of benzene rings is 2. The molecule has 1 saturated heterocycles. The molecule has 0 amide bonds. The average molecular weight is 509 g/mol. The van der Waals surface area contributed by atoms with Crippen molar-refractivity contribution in [1.29, 1.82) is 0 Å². The monoisotopic (exact) mass is 508 g/mol. The highest BCUT2D eigenvalue weighted by atomic mass is 35.5. The molecule has 1 aliphatic rings. The summed E-state index contributed by atoms with van der Waals surface area (Å²) in [6, 6.07) is 5.52. The van der Waals surface area contributed by atoms with Crippen molar-refractivity contribution in [2.45, 2.75) is 18.7 Å². The molecule has 0 radical (unpaired) electrons. The van der Waals surface area contributed by atoms with Crippen LogP contribution < -0.4 is 14.8 Å². The number of hydrogen-bond acceptors (Lipinski definition) is 7. The number of nitrogens with one attached hydrogen (secondary N) is 1. The molecular formula is C24H24ClF3N4O3. The van der Waals surface area contributed by atoms with Crippen LogP contribution in [0.1, 0.15) is 6.42 Å². The predicted molar refractivity (Wildman–Crippen MR) is 128 cm³/mol. The number of likely N-dealkylation sites (tertiary alicyclic amines) is 1. The molecule has 186 valence electrons. The minimum Gasteiger partial charge on any atom is -0.493 e. The Balaban J connectivity index is 0.000000795. The van der Waals surface area contributed by atoms with Gasteiger partial charge < -0.3 is 19.7 Å². The van der Waals surface area contributed by atoms with E-state index in [-0.39, 0.29) is 18.1 Å². The summed E-state index contributed by atoms with van der Waals surface area (Å²) < 4.78 is 53.7. The van der Waals surface area contributed by atoms with Crippen LogP contribution in [0.3, 0.4) is 0 Å². The zero-order valence-corrected chi connectivity index (χ0v) is 19.9. The molecule has 11 heteroatoms. The van der Waals surface area contributed by atoms with Crippen LogP contribution in [-0.4, -0.2) is 60.7 Å². The molecule has 1 N–H and O–H groups in total. The van der Waals surface area contributed by atoms with Crippen LogP contribution in [0.25, 0.3) is 10.9 Å². The Morgan fingerprint density at radius 2 is 2.00 bits per heavy atom. The number of methoxy groups -OCH3 is 1. The number of aromatic nitrogens is 2. The minimum atomic E-state index is -1.15. The number of rotatable bonds is 6. The van der Waals surface area contributed by atoms with E-state index < -0.39 is 28.9 Å². The number of allylic oxidation sites excluding steroid dienone is 1. The van der Waals surface area contributed by atoms with E-state index in [0.717, 1.165) is 6.07 Å². The number of ether oxygens (including phenoxy) is 2. The van der Waals surface area contributed by atoms with Gasteiger partial charge in [-0.1, -0.05) is 18.2 Å². The number of anilines is 2. The number of piperidine rings is 1. The summed E-state index contributed by atoms with van der Waals surface area (Å²) in [7, 11) is 3.33. The van der Waals surface area contributed by atoms with Gasteiger partial charge in [-0.3, -0.25) is 4.79 Å². The predicted octanol–water partition coefficient (Wildman–Crippen LogP) is 5.11. The fraction of sp³-hybridized carbons (Fsp3) is 0.292. The maximum Gasteiger partial charge on any atom is 0.168 e. The van der Waals surface area contributed by atoms with E-state index in [2.05, 4.69) is 21.9 Å². The molecule has 1 fully saturated rings. The number of fused-ring (bicyclic) bond motifs is 1. The fourth-order valence-corrected chi connectivity index (χ4v) is 3.66. The van der Waals surface area contributed by atoms with E-state index in [1.54, 1.807) is 12.1 Å². The molecular weight excluding hydrogens is 485 g/mol. The third kappa shape index (κ3) is 6.20. The normalized spacial score (nSPS) is 17.8. The number of nitrogens with zero attached hydrogens (tertiary/aromatic N) is 3. The Morgan fingerprint density at radius 1 is 1.26 bits per heavy atom. The molecule has 2 aromatic carbocycles. The van der Waals surface area contributed by atoms with Crippen LogP contribution in [0.15, 0.2) is 43.2 Å². The summed E-state index contributed by atoms with van der Waals surface area (Å²) in [6.45, 7) is 4.10. The van der Waals surface area contributed by atoms with E-state index in [4.69, 9.17) is 25.9 Å². The molecule has 1 aromatic heterocycles. The van der Waals surface area contributed by atoms with Gasteiger partial charge in [0.05, 0.1) is 18.3 Å². The molecule has 0 saturated carbocycles. The van der Waals surface area contributed by atoms with Gasteiger partial charge in [-0.05, 0) is 37.7 Å².